The van der Waals surface area contributed by atoms with Crippen LogP contribution in [-0.4, -0.2) is 11.9 Å². The van der Waals surface area contributed by atoms with Gasteiger partial charge in [0.1, 0.15) is 11.5 Å². The van der Waals surface area contributed by atoms with Gasteiger partial charge in [0.25, 0.3) is 0 Å². The van der Waals surface area contributed by atoms with E-state index < -0.39 is 17.8 Å². The molecule has 1 amide bonds. The van der Waals surface area contributed by atoms with Crippen LogP contribution in [0.2, 0.25) is 0 Å². The Bertz CT molecular complexity index is 1030. The van der Waals surface area contributed by atoms with Crippen LogP contribution >= 0.6 is 0 Å². The van der Waals surface area contributed by atoms with Gasteiger partial charge in [-0.2, -0.15) is 0 Å². The Morgan fingerprint density at radius 2 is 1.48 bits per heavy atom. The quantitative estimate of drug-likeness (QED) is 0.713. The summed E-state index contributed by atoms with van der Waals surface area (Å²) in [6, 6.07) is 21.0. The van der Waals surface area contributed by atoms with E-state index in [1.807, 2.05) is 42.5 Å². The molecule has 1 N–H and O–H groups in total. The lowest BCUT2D eigenvalue weighted by molar-refractivity contribution is -0.313. The average molecular weight is 388 g/mol. The van der Waals surface area contributed by atoms with Gasteiger partial charge in [0, 0.05) is 23.5 Å². The monoisotopic (exact) mass is 388 g/mol. The molecule has 148 valence electrons. The summed E-state index contributed by atoms with van der Waals surface area (Å²) in [5.41, 5.74) is 0.614. The van der Waals surface area contributed by atoms with Gasteiger partial charge in [0.05, 0.1) is 0 Å². The molecule has 0 unspecified atom stereocenters. The molecule has 0 spiro atoms. The number of benzene rings is 3. The lowest BCUT2D eigenvalue weighted by Gasteiger charge is -2.31. The van der Waals surface area contributed by atoms with Crippen molar-refractivity contribution in [3.05, 3.63) is 66.7 Å². The van der Waals surface area contributed by atoms with Gasteiger partial charge in [-0.25, -0.2) is 0 Å². The molecule has 4 rings (SSSR count). The predicted molar refractivity (Wildman–Crippen MR) is 110 cm³/mol. The summed E-state index contributed by atoms with van der Waals surface area (Å²) < 4.78 is 5.91. The van der Waals surface area contributed by atoms with E-state index in [-0.39, 0.29) is 5.91 Å². The van der Waals surface area contributed by atoms with Crippen LogP contribution < -0.4 is 15.2 Å². The van der Waals surface area contributed by atoms with Gasteiger partial charge in [-0.05, 0) is 60.0 Å². The maximum Gasteiger partial charge on any atom is 0.228 e. The van der Waals surface area contributed by atoms with Crippen LogP contribution in [0, 0.1) is 11.8 Å². The molecule has 5 heteroatoms. The van der Waals surface area contributed by atoms with E-state index in [4.69, 9.17) is 4.74 Å². The summed E-state index contributed by atoms with van der Waals surface area (Å²) in [6.45, 7) is 0. The summed E-state index contributed by atoms with van der Waals surface area (Å²) in [4.78, 5) is 23.9. The van der Waals surface area contributed by atoms with Crippen molar-refractivity contribution in [2.45, 2.75) is 25.7 Å². The molecule has 0 radical (unpaired) electrons. The van der Waals surface area contributed by atoms with Crippen LogP contribution in [0.3, 0.4) is 0 Å². The van der Waals surface area contributed by atoms with Gasteiger partial charge in [-0.15, -0.1) is 0 Å². The van der Waals surface area contributed by atoms with Gasteiger partial charge in [0.15, 0.2) is 0 Å². The smallest absolute Gasteiger partial charge is 0.228 e. The molecule has 1 aliphatic carbocycles. The van der Waals surface area contributed by atoms with Crippen molar-refractivity contribution in [2.75, 3.05) is 5.32 Å². The highest BCUT2D eigenvalue weighted by molar-refractivity contribution is 5.95. The fourth-order valence-corrected chi connectivity index (χ4v) is 3.94. The highest BCUT2D eigenvalue weighted by Gasteiger charge is 2.31. The number of carboxylic acid groups (broad SMARTS) is 1. The first-order valence-corrected chi connectivity index (χ1v) is 9.88. The third-order valence-electron chi connectivity index (χ3n) is 5.48. The Labute approximate surface area is 169 Å². The molecule has 1 aliphatic rings. The normalized spacial score (nSPS) is 18.9. The number of hydrogen-bond donors (Lipinski definition) is 1. The van der Waals surface area contributed by atoms with E-state index >= 15 is 0 Å². The van der Waals surface area contributed by atoms with Crippen molar-refractivity contribution < 1.29 is 19.4 Å². The van der Waals surface area contributed by atoms with Gasteiger partial charge in [-0.1, -0.05) is 43.2 Å². The molecular weight excluding hydrogens is 366 g/mol. The van der Waals surface area contributed by atoms with E-state index in [0.717, 1.165) is 29.4 Å². The number of fused-ring (bicyclic) bond motifs is 1. The zero-order chi connectivity index (χ0) is 20.2. The van der Waals surface area contributed by atoms with E-state index in [1.165, 1.54) is 0 Å². The Morgan fingerprint density at radius 1 is 0.828 bits per heavy atom. The first-order valence-electron chi connectivity index (χ1n) is 9.88. The number of nitrogens with one attached hydrogen (secondary N) is 1. The molecule has 3 aromatic rings. The van der Waals surface area contributed by atoms with Crippen molar-refractivity contribution in [3.8, 4) is 11.5 Å². The third kappa shape index (κ3) is 4.40. The summed E-state index contributed by atoms with van der Waals surface area (Å²) in [5.74, 6) is -1.25. The number of carbonyl (C=O) groups excluding carboxylic acids is 2. The maximum atomic E-state index is 12.5. The highest BCUT2D eigenvalue weighted by Crippen LogP contribution is 2.31. The molecule has 2 atom stereocenters. The molecule has 5 nitrogen and oxygen atoms in total. The second-order valence-electron chi connectivity index (χ2n) is 7.44. The summed E-state index contributed by atoms with van der Waals surface area (Å²) >= 11 is 0. The number of carboxylic acids is 1. The lowest BCUT2D eigenvalue weighted by atomic mass is 9.78. The number of rotatable bonds is 5. The Balaban J connectivity index is 1.42. The first-order chi connectivity index (χ1) is 14.1. The average Bonchev–Trinajstić information content (AvgIpc) is 2.75. The lowest BCUT2D eigenvalue weighted by Crippen LogP contribution is -2.42. The number of anilines is 1. The predicted octanol–water partition coefficient (Wildman–Crippen LogP) is 4.13. The minimum absolute atomic E-state index is 0.262. The van der Waals surface area contributed by atoms with E-state index in [2.05, 4.69) is 5.32 Å². The number of aliphatic carboxylic acids is 1. The van der Waals surface area contributed by atoms with E-state index in [9.17, 15) is 14.7 Å². The van der Waals surface area contributed by atoms with Crippen molar-refractivity contribution in [1.29, 1.82) is 0 Å². The SMILES string of the molecule is O=C([O-])[C@@H]1CCCC[C@H]1C(=O)Nc1ccc(Oc2ccc3ccccc3c2)cc1. The topological polar surface area (TPSA) is 78.5 Å². The second-order valence-corrected chi connectivity index (χ2v) is 7.44. The molecule has 0 aromatic heterocycles. The van der Waals surface area contributed by atoms with Gasteiger partial charge in [0.2, 0.25) is 5.91 Å². The first kappa shape index (κ1) is 19.0. The van der Waals surface area contributed by atoms with Crippen LogP contribution in [0.4, 0.5) is 5.69 Å². The van der Waals surface area contributed by atoms with E-state index in [0.29, 0.717) is 24.3 Å². The fourth-order valence-electron chi connectivity index (χ4n) is 3.94. The van der Waals surface area contributed by atoms with Gasteiger partial charge in [-0.3, -0.25) is 4.79 Å². The minimum Gasteiger partial charge on any atom is -0.550 e. The van der Waals surface area contributed by atoms with Crippen LogP contribution in [0.5, 0.6) is 11.5 Å². The Kier molecular flexibility index (Phi) is 5.47. The molecule has 0 saturated heterocycles. The molecule has 3 aromatic carbocycles. The summed E-state index contributed by atoms with van der Waals surface area (Å²) in [6.07, 6.45) is 2.76. The molecule has 0 bridgehead atoms. The molecule has 0 aliphatic heterocycles. The maximum absolute atomic E-state index is 12.5. The molecule has 29 heavy (non-hydrogen) atoms. The molecule has 1 fully saturated rings. The highest BCUT2D eigenvalue weighted by atomic mass is 16.5. The second kappa shape index (κ2) is 8.35. The standard InChI is InChI=1S/C24H23NO4/c26-23(21-7-3-4-8-22(21)24(27)28)25-18-10-13-19(14-11-18)29-20-12-9-16-5-1-2-6-17(16)15-20/h1-2,5-6,9-15,21-22H,3-4,7-8H2,(H,25,26)(H,27,28)/p-1/t21-,22-/m1/s1. The van der Waals surface area contributed by atoms with Gasteiger partial charge >= 0.3 is 0 Å². The van der Waals surface area contributed by atoms with Crippen molar-refractivity contribution >= 4 is 28.3 Å². The van der Waals surface area contributed by atoms with Crippen LogP contribution in [0.1, 0.15) is 25.7 Å². The molecule has 1 saturated carbocycles. The van der Waals surface area contributed by atoms with Crippen LogP contribution in [0.15, 0.2) is 66.7 Å². The zero-order valence-corrected chi connectivity index (χ0v) is 16.0. The Morgan fingerprint density at radius 3 is 2.21 bits per heavy atom. The van der Waals surface area contributed by atoms with Crippen molar-refractivity contribution in [3.63, 3.8) is 0 Å². The summed E-state index contributed by atoms with van der Waals surface area (Å²) in [7, 11) is 0. The van der Waals surface area contributed by atoms with Crippen LogP contribution in [0.25, 0.3) is 10.8 Å². The number of carbonyl (C=O) groups is 2. The number of amides is 1. The van der Waals surface area contributed by atoms with Gasteiger partial charge < -0.3 is 20.0 Å². The fraction of sp³-hybridized carbons (Fsp3) is 0.250. The largest absolute Gasteiger partial charge is 0.550 e. The number of hydrogen-bond acceptors (Lipinski definition) is 4. The van der Waals surface area contributed by atoms with Crippen molar-refractivity contribution in [1.82, 2.24) is 0 Å². The van der Waals surface area contributed by atoms with Crippen molar-refractivity contribution in [2.24, 2.45) is 11.8 Å². The third-order valence-corrected chi connectivity index (χ3v) is 5.48. The molecule has 0 heterocycles. The zero-order valence-electron chi connectivity index (χ0n) is 16.0. The Hall–Kier alpha value is -3.34. The number of ether oxygens (including phenoxy) is 1. The van der Waals surface area contributed by atoms with E-state index in [1.54, 1.807) is 24.3 Å². The minimum atomic E-state index is -1.14. The summed E-state index contributed by atoms with van der Waals surface area (Å²) in [5, 5.41) is 16.4. The molecular formula is C24H22NO4-. The van der Waals surface area contributed by atoms with Crippen LogP contribution in [-0.2, 0) is 9.59 Å².